The first-order chi connectivity index (χ1) is 15.1. The molecule has 0 aliphatic carbocycles. The third-order valence-electron chi connectivity index (χ3n) is 6.49. The Morgan fingerprint density at radius 1 is 1.03 bits per heavy atom. The van der Waals surface area contributed by atoms with Gasteiger partial charge >= 0.3 is 0 Å². The number of amides is 1. The summed E-state index contributed by atoms with van der Waals surface area (Å²) in [5, 5.41) is 0. The van der Waals surface area contributed by atoms with Crippen molar-refractivity contribution in [1.82, 2.24) is 4.90 Å². The van der Waals surface area contributed by atoms with Crippen molar-refractivity contribution < 1.29 is 6.22 Å². The summed E-state index contributed by atoms with van der Waals surface area (Å²) in [4.78, 5) is 20.3. The number of carbonyl (C=O) groups is 1. The van der Waals surface area contributed by atoms with Crippen molar-refractivity contribution in [2.75, 3.05) is 13.1 Å². The molecule has 5 rings (SSSR count). The normalized spacial score (nSPS) is 17.5. The molecule has 3 aromatic carbocycles. The molecule has 31 heavy (non-hydrogen) atoms. The van der Waals surface area contributed by atoms with Crippen molar-refractivity contribution in [2.24, 2.45) is 10.9 Å². The molecule has 0 spiro atoms. The van der Waals surface area contributed by atoms with E-state index in [2.05, 4.69) is 62.4 Å². The Hall–Kier alpha value is -3.20. The number of likely N-dealkylation sites (tertiary alicyclic amines) is 1. The molecule has 0 bridgehead atoms. The van der Waals surface area contributed by atoms with E-state index in [1.165, 1.54) is 22.4 Å². The zero-order valence-electron chi connectivity index (χ0n) is 18.3. The Kier molecular flexibility index (Phi) is 5.19. The Morgan fingerprint density at radius 3 is 2.74 bits per heavy atom. The molecular weight excluding hydrogens is 380 g/mol. The highest BCUT2D eigenvalue weighted by Crippen LogP contribution is 2.32. The second-order valence-corrected chi connectivity index (χ2v) is 9.01. The van der Waals surface area contributed by atoms with E-state index in [4.69, 9.17) is 4.99 Å². The maximum Gasteiger partial charge on any atom is 0.254 e. The SMILES string of the molecule is Cc1cccc(-c2ccccc2C(=O)N2CC[C@@H](CC3=Nc4ccc(C)cc4C3)C2)c1.[HH]. The van der Waals surface area contributed by atoms with Crippen LogP contribution in [0.25, 0.3) is 11.1 Å². The minimum Gasteiger partial charge on any atom is -0.338 e. The van der Waals surface area contributed by atoms with Gasteiger partial charge in [-0.3, -0.25) is 9.79 Å². The predicted molar refractivity (Wildman–Crippen MR) is 129 cm³/mol. The molecule has 1 amide bonds. The molecule has 0 radical (unpaired) electrons. The molecule has 158 valence electrons. The van der Waals surface area contributed by atoms with Crippen LogP contribution < -0.4 is 0 Å². The average molecular weight is 411 g/mol. The lowest BCUT2D eigenvalue weighted by atomic mass is 9.97. The van der Waals surface area contributed by atoms with Crippen molar-refractivity contribution in [3.05, 3.63) is 89.0 Å². The van der Waals surface area contributed by atoms with Crippen LogP contribution in [0, 0.1) is 19.8 Å². The lowest BCUT2D eigenvalue weighted by molar-refractivity contribution is 0.0788. The molecule has 0 N–H and O–H groups in total. The van der Waals surface area contributed by atoms with Gasteiger partial charge in [0.2, 0.25) is 0 Å². The number of aliphatic imine (C=N–C) groups is 1. The van der Waals surface area contributed by atoms with Crippen LogP contribution in [0.1, 0.15) is 41.3 Å². The second-order valence-electron chi connectivity index (χ2n) is 9.01. The summed E-state index contributed by atoms with van der Waals surface area (Å²) in [5.41, 5.74) is 9.15. The molecule has 1 saturated heterocycles. The van der Waals surface area contributed by atoms with Gasteiger partial charge in [0.1, 0.15) is 0 Å². The summed E-state index contributed by atoms with van der Waals surface area (Å²) in [6.45, 7) is 5.86. The highest BCUT2D eigenvalue weighted by Gasteiger charge is 2.30. The maximum absolute atomic E-state index is 13.4. The largest absolute Gasteiger partial charge is 0.338 e. The first-order valence-corrected chi connectivity index (χ1v) is 11.2. The van der Waals surface area contributed by atoms with Crippen LogP contribution >= 0.6 is 0 Å². The molecule has 0 aromatic heterocycles. The van der Waals surface area contributed by atoms with Crippen molar-refractivity contribution in [3.8, 4) is 11.1 Å². The van der Waals surface area contributed by atoms with E-state index in [-0.39, 0.29) is 7.33 Å². The Labute approximate surface area is 185 Å². The quantitative estimate of drug-likeness (QED) is 0.490. The number of fused-ring (bicyclic) bond motifs is 1. The number of aryl methyl sites for hydroxylation is 2. The van der Waals surface area contributed by atoms with Crippen LogP contribution in [0.5, 0.6) is 0 Å². The van der Waals surface area contributed by atoms with E-state index in [1.54, 1.807) is 0 Å². The number of nitrogens with zero attached hydrogens (tertiary/aromatic N) is 2. The minimum atomic E-state index is 0. The van der Waals surface area contributed by atoms with E-state index >= 15 is 0 Å². The van der Waals surface area contributed by atoms with Crippen molar-refractivity contribution in [3.63, 3.8) is 0 Å². The summed E-state index contributed by atoms with van der Waals surface area (Å²) >= 11 is 0. The van der Waals surface area contributed by atoms with Gasteiger partial charge in [-0.25, -0.2) is 0 Å². The predicted octanol–water partition coefficient (Wildman–Crippen LogP) is 6.40. The third kappa shape index (κ3) is 4.05. The zero-order chi connectivity index (χ0) is 21.4. The lowest BCUT2D eigenvalue weighted by Crippen LogP contribution is -2.29. The number of rotatable bonds is 4. The van der Waals surface area contributed by atoms with Gasteiger partial charge < -0.3 is 4.90 Å². The topological polar surface area (TPSA) is 32.7 Å². The molecule has 3 aromatic rings. The molecule has 0 unspecified atom stereocenters. The standard InChI is InChI=1S/C28H28N2O.H2/c1-19-6-5-7-22(14-19)25-8-3-4-9-26(25)28(31)30-13-12-21(18-30)16-24-17-23-15-20(2)10-11-27(23)29-24;/h3-11,14-15,21H,12-13,16-18H2,1-2H3;1H/t21-;/m0./s1. The van der Waals surface area contributed by atoms with Crippen LogP contribution in [0.2, 0.25) is 0 Å². The fourth-order valence-corrected chi connectivity index (χ4v) is 4.93. The van der Waals surface area contributed by atoms with E-state index in [9.17, 15) is 4.79 Å². The highest BCUT2D eigenvalue weighted by molar-refractivity contribution is 6.01. The van der Waals surface area contributed by atoms with Gasteiger partial charge in [0.25, 0.3) is 5.91 Å². The maximum atomic E-state index is 13.4. The van der Waals surface area contributed by atoms with Crippen molar-refractivity contribution in [1.29, 1.82) is 0 Å². The monoisotopic (exact) mass is 410 g/mol. The molecule has 1 fully saturated rings. The van der Waals surface area contributed by atoms with E-state index < -0.39 is 0 Å². The van der Waals surface area contributed by atoms with Gasteiger partial charge in [-0.2, -0.15) is 0 Å². The van der Waals surface area contributed by atoms with Gasteiger partial charge in [0.15, 0.2) is 0 Å². The van der Waals surface area contributed by atoms with Gasteiger partial charge in [-0.05, 0) is 61.4 Å². The summed E-state index contributed by atoms with van der Waals surface area (Å²) < 4.78 is 0. The van der Waals surface area contributed by atoms with Crippen LogP contribution in [0.15, 0.2) is 71.7 Å². The fraction of sp³-hybridized carbons (Fsp3) is 0.286. The molecule has 2 aliphatic heterocycles. The van der Waals surface area contributed by atoms with Gasteiger partial charge in [0.05, 0.1) is 5.69 Å². The van der Waals surface area contributed by atoms with Crippen molar-refractivity contribution >= 4 is 17.3 Å². The summed E-state index contributed by atoms with van der Waals surface area (Å²) in [5.74, 6) is 0.635. The fourth-order valence-electron chi connectivity index (χ4n) is 4.93. The lowest BCUT2D eigenvalue weighted by Gasteiger charge is -2.19. The molecule has 3 nitrogen and oxygen atoms in total. The smallest absolute Gasteiger partial charge is 0.254 e. The second kappa shape index (κ2) is 8.14. The first-order valence-electron chi connectivity index (χ1n) is 11.2. The summed E-state index contributed by atoms with van der Waals surface area (Å²) in [6, 6.07) is 22.9. The van der Waals surface area contributed by atoms with Crippen LogP contribution in [0.4, 0.5) is 5.69 Å². The van der Waals surface area contributed by atoms with Crippen LogP contribution in [-0.4, -0.2) is 29.6 Å². The van der Waals surface area contributed by atoms with E-state index in [0.717, 1.165) is 54.7 Å². The summed E-state index contributed by atoms with van der Waals surface area (Å²) in [7, 11) is 0. The van der Waals surface area contributed by atoms with Gasteiger partial charge in [0, 0.05) is 32.2 Å². The molecule has 3 heteroatoms. The average Bonchev–Trinajstić information content (AvgIpc) is 3.39. The Balaban J connectivity index is 0.00000245. The number of hydrogen-bond acceptors (Lipinski definition) is 2. The molecule has 2 aliphatic rings. The Bertz CT molecular complexity index is 1180. The van der Waals surface area contributed by atoms with Gasteiger partial charge in [-0.15, -0.1) is 0 Å². The number of hydrogen-bond donors (Lipinski definition) is 0. The highest BCUT2D eigenvalue weighted by atomic mass is 16.2. The van der Waals surface area contributed by atoms with Crippen LogP contribution in [-0.2, 0) is 6.42 Å². The molecule has 2 heterocycles. The zero-order valence-corrected chi connectivity index (χ0v) is 18.3. The number of benzene rings is 3. The molecule has 0 saturated carbocycles. The third-order valence-corrected chi connectivity index (χ3v) is 6.49. The molecular formula is C28H30N2O. The minimum absolute atomic E-state index is 0. The summed E-state index contributed by atoms with van der Waals surface area (Å²) in [6.07, 6.45) is 2.99. The van der Waals surface area contributed by atoms with Gasteiger partial charge in [-0.1, -0.05) is 65.7 Å². The van der Waals surface area contributed by atoms with Crippen molar-refractivity contribution in [2.45, 2.75) is 33.1 Å². The van der Waals surface area contributed by atoms with E-state index in [1.807, 2.05) is 23.1 Å². The first kappa shape index (κ1) is 19.7. The number of carbonyl (C=O) groups excluding carboxylic acids is 1. The van der Waals surface area contributed by atoms with E-state index in [0.29, 0.717) is 5.92 Å². The molecule has 1 atom stereocenters. The van der Waals surface area contributed by atoms with Crippen LogP contribution in [0.3, 0.4) is 0 Å². The Morgan fingerprint density at radius 2 is 1.87 bits per heavy atom.